The van der Waals surface area contributed by atoms with Crippen molar-refractivity contribution in [1.29, 1.82) is 0 Å². The van der Waals surface area contributed by atoms with Crippen LogP contribution in [0.5, 0.6) is 0 Å². The number of urea groups is 1. The minimum atomic E-state index is -0.889. The second kappa shape index (κ2) is 37.2. The van der Waals surface area contributed by atoms with Gasteiger partial charge in [-0.2, -0.15) is 0 Å². The lowest BCUT2D eigenvalue weighted by atomic mass is 10.00. The summed E-state index contributed by atoms with van der Waals surface area (Å²) in [6.07, 6.45) is 50.2. The summed E-state index contributed by atoms with van der Waals surface area (Å²) in [5.74, 6) is -0.889. The fraction of sp³-hybridized carbons (Fsp3) is 0.756. The third-order valence-electron chi connectivity index (χ3n) is 8.47. The first-order chi connectivity index (χ1) is 22.6. The summed E-state index contributed by atoms with van der Waals surface area (Å²) in [7, 11) is 0. The highest BCUT2D eigenvalue weighted by molar-refractivity contribution is 5.75. The number of hydrogen-bond donors (Lipinski definition) is 3. The SMILES string of the molecule is CCCCC/C=C\C/C=C\CCCCCCCCC(CCCCCCCC/C=C\C/C=C\CCCCC)NC(=O)NCCC(=O)O. The van der Waals surface area contributed by atoms with Gasteiger partial charge in [-0.25, -0.2) is 4.79 Å². The lowest BCUT2D eigenvalue weighted by Gasteiger charge is -2.19. The number of allylic oxidation sites excluding steroid dienone is 8. The van der Waals surface area contributed by atoms with Crippen molar-refractivity contribution in [3.05, 3.63) is 48.6 Å². The first kappa shape index (κ1) is 43.7. The maximum Gasteiger partial charge on any atom is 0.315 e. The summed E-state index contributed by atoms with van der Waals surface area (Å²) >= 11 is 0. The molecule has 0 aliphatic heterocycles. The van der Waals surface area contributed by atoms with Gasteiger partial charge in [0.2, 0.25) is 0 Å². The molecule has 0 aliphatic rings. The molecule has 46 heavy (non-hydrogen) atoms. The van der Waals surface area contributed by atoms with Crippen LogP contribution in [0.1, 0.15) is 187 Å². The predicted molar refractivity (Wildman–Crippen MR) is 201 cm³/mol. The van der Waals surface area contributed by atoms with Crippen LogP contribution in [0, 0.1) is 0 Å². The van der Waals surface area contributed by atoms with Crippen LogP contribution in [0.2, 0.25) is 0 Å². The molecule has 0 saturated carbocycles. The van der Waals surface area contributed by atoms with E-state index in [0.717, 1.165) is 38.5 Å². The Morgan fingerprint density at radius 2 is 0.891 bits per heavy atom. The molecule has 0 atom stereocenters. The number of hydrogen-bond acceptors (Lipinski definition) is 2. The predicted octanol–water partition coefficient (Wildman–Crippen LogP) is 12.5. The van der Waals surface area contributed by atoms with Crippen molar-refractivity contribution in [3.8, 4) is 0 Å². The molecule has 0 bridgehead atoms. The van der Waals surface area contributed by atoms with Crippen molar-refractivity contribution < 1.29 is 14.7 Å². The number of nitrogens with one attached hydrogen (secondary N) is 2. The third-order valence-corrected chi connectivity index (χ3v) is 8.47. The Balaban J connectivity index is 4.02. The molecule has 0 rings (SSSR count). The highest BCUT2D eigenvalue weighted by Gasteiger charge is 2.12. The maximum absolute atomic E-state index is 12.3. The van der Waals surface area contributed by atoms with Crippen molar-refractivity contribution in [2.75, 3.05) is 6.54 Å². The van der Waals surface area contributed by atoms with E-state index in [1.54, 1.807) is 0 Å². The molecule has 0 spiro atoms. The van der Waals surface area contributed by atoms with Crippen molar-refractivity contribution in [2.45, 2.75) is 193 Å². The molecule has 0 aromatic rings. The zero-order valence-electron chi connectivity index (χ0n) is 30.3. The molecule has 5 heteroatoms. The Kier molecular flexibility index (Phi) is 35.3. The Hall–Kier alpha value is -2.30. The Morgan fingerprint density at radius 3 is 1.28 bits per heavy atom. The molecule has 0 radical (unpaired) electrons. The minimum absolute atomic E-state index is 0.0456. The van der Waals surface area contributed by atoms with E-state index >= 15 is 0 Å². The van der Waals surface area contributed by atoms with E-state index in [0.29, 0.717) is 0 Å². The fourth-order valence-corrected chi connectivity index (χ4v) is 5.57. The molecule has 2 amide bonds. The Labute approximate surface area is 285 Å². The molecule has 266 valence electrons. The lowest BCUT2D eigenvalue weighted by Crippen LogP contribution is -2.42. The first-order valence-electron chi connectivity index (χ1n) is 19.5. The van der Waals surface area contributed by atoms with Gasteiger partial charge in [0.25, 0.3) is 0 Å². The topological polar surface area (TPSA) is 78.4 Å². The van der Waals surface area contributed by atoms with Crippen LogP contribution in [0.4, 0.5) is 4.79 Å². The van der Waals surface area contributed by atoms with Gasteiger partial charge in [-0.15, -0.1) is 0 Å². The Morgan fingerprint density at radius 1 is 0.522 bits per heavy atom. The van der Waals surface area contributed by atoms with E-state index in [4.69, 9.17) is 5.11 Å². The third kappa shape index (κ3) is 36.2. The molecule has 0 heterocycles. The van der Waals surface area contributed by atoms with Gasteiger partial charge in [0.05, 0.1) is 6.42 Å². The van der Waals surface area contributed by atoms with Crippen molar-refractivity contribution >= 4 is 12.0 Å². The number of unbranched alkanes of at least 4 members (excludes halogenated alkanes) is 18. The second-order valence-corrected chi connectivity index (χ2v) is 13.0. The van der Waals surface area contributed by atoms with Crippen LogP contribution in [-0.2, 0) is 4.79 Å². The van der Waals surface area contributed by atoms with Crippen molar-refractivity contribution in [1.82, 2.24) is 10.6 Å². The number of amides is 2. The molecule has 0 aromatic carbocycles. The highest BCUT2D eigenvalue weighted by atomic mass is 16.4. The number of carbonyl (C=O) groups is 2. The van der Waals surface area contributed by atoms with Crippen molar-refractivity contribution in [3.63, 3.8) is 0 Å². The minimum Gasteiger partial charge on any atom is -0.481 e. The average Bonchev–Trinajstić information content (AvgIpc) is 3.04. The summed E-state index contributed by atoms with van der Waals surface area (Å²) in [6.45, 7) is 4.67. The average molecular weight is 643 g/mol. The van der Waals surface area contributed by atoms with Gasteiger partial charge in [0, 0.05) is 12.6 Å². The standard InChI is InChI=1S/C41H74N2O3/c1-3-5-7-9-11-13-15-17-19-21-23-25-27-29-31-33-35-39(43-41(46)42-38-37-40(44)45)36-34-32-30-28-26-24-22-20-18-16-14-12-10-8-6-4-2/h11-14,17-20,39H,3-10,15-16,21-38H2,1-2H3,(H,44,45)(H2,42,43,46)/b13-11-,14-12-,19-17-,20-18-. The summed E-state index contributed by atoms with van der Waals surface area (Å²) < 4.78 is 0. The van der Waals surface area contributed by atoms with E-state index in [1.165, 1.54) is 128 Å². The van der Waals surface area contributed by atoms with E-state index in [2.05, 4.69) is 73.1 Å². The van der Waals surface area contributed by atoms with E-state index in [-0.39, 0.29) is 25.0 Å². The largest absolute Gasteiger partial charge is 0.481 e. The molecule has 0 aromatic heterocycles. The van der Waals surface area contributed by atoms with E-state index in [1.807, 2.05) is 0 Å². The molecular weight excluding hydrogens is 568 g/mol. The smallest absolute Gasteiger partial charge is 0.315 e. The van der Waals surface area contributed by atoms with Gasteiger partial charge in [0.15, 0.2) is 0 Å². The van der Waals surface area contributed by atoms with Crippen LogP contribution < -0.4 is 10.6 Å². The van der Waals surface area contributed by atoms with E-state index in [9.17, 15) is 9.59 Å². The summed E-state index contributed by atoms with van der Waals surface area (Å²) in [5.41, 5.74) is 0. The first-order valence-corrected chi connectivity index (χ1v) is 19.5. The monoisotopic (exact) mass is 643 g/mol. The zero-order valence-corrected chi connectivity index (χ0v) is 30.3. The highest BCUT2D eigenvalue weighted by Crippen LogP contribution is 2.15. The summed E-state index contributed by atoms with van der Waals surface area (Å²) in [4.78, 5) is 23.1. The molecule has 0 saturated heterocycles. The van der Waals surface area contributed by atoms with Gasteiger partial charge in [-0.05, 0) is 77.0 Å². The van der Waals surface area contributed by atoms with Gasteiger partial charge >= 0.3 is 12.0 Å². The summed E-state index contributed by atoms with van der Waals surface area (Å²) in [6, 6.07) is -0.0622. The van der Waals surface area contributed by atoms with Crippen molar-refractivity contribution in [2.24, 2.45) is 0 Å². The van der Waals surface area contributed by atoms with Crippen LogP contribution in [0.25, 0.3) is 0 Å². The molecule has 0 unspecified atom stereocenters. The molecule has 0 fully saturated rings. The number of carboxylic acids is 1. The van der Waals surface area contributed by atoms with Gasteiger partial charge in [-0.1, -0.05) is 152 Å². The number of aliphatic carboxylic acids is 1. The normalized spacial score (nSPS) is 12.1. The number of rotatable bonds is 34. The fourth-order valence-electron chi connectivity index (χ4n) is 5.57. The van der Waals surface area contributed by atoms with Crippen LogP contribution in [-0.4, -0.2) is 29.7 Å². The van der Waals surface area contributed by atoms with Crippen LogP contribution in [0.3, 0.4) is 0 Å². The zero-order chi connectivity index (χ0) is 33.6. The van der Waals surface area contributed by atoms with Gasteiger partial charge < -0.3 is 15.7 Å². The molecule has 3 N–H and O–H groups in total. The summed E-state index contributed by atoms with van der Waals surface area (Å²) in [5, 5.41) is 14.7. The molecule has 0 aliphatic carbocycles. The number of carboxylic acid groups (broad SMARTS) is 1. The number of carbonyl (C=O) groups excluding carboxylic acids is 1. The molecular formula is C41H74N2O3. The lowest BCUT2D eigenvalue weighted by molar-refractivity contribution is -0.136. The quantitative estimate of drug-likeness (QED) is 0.0483. The maximum atomic E-state index is 12.3. The Bertz CT molecular complexity index is 739. The van der Waals surface area contributed by atoms with Gasteiger partial charge in [-0.3, -0.25) is 4.79 Å². The molecule has 5 nitrogen and oxygen atoms in total. The van der Waals surface area contributed by atoms with Crippen LogP contribution >= 0.6 is 0 Å². The van der Waals surface area contributed by atoms with Gasteiger partial charge in [0.1, 0.15) is 0 Å². The van der Waals surface area contributed by atoms with E-state index < -0.39 is 5.97 Å². The second-order valence-electron chi connectivity index (χ2n) is 13.0. The van der Waals surface area contributed by atoms with Crippen LogP contribution in [0.15, 0.2) is 48.6 Å².